The van der Waals surface area contributed by atoms with Gasteiger partial charge < -0.3 is 30.2 Å². The minimum Gasteiger partial charge on any atom is -0.370 e. The van der Waals surface area contributed by atoms with E-state index in [0.29, 0.717) is 50.6 Å². The van der Waals surface area contributed by atoms with Gasteiger partial charge in [0.15, 0.2) is 0 Å². The summed E-state index contributed by atoms with van der Waals surface area (Å²) in [5.41, 5.74) is 2.29. The van der Waals surface area contributed by atoms with Gasteiger partial charge in [0.2, 0.25) is 5.91 Å². The number of morpholine rings is 1. The van der Waals surface area contributed by atoms with Crippen LogP contribution in [0.2, 0.25) is 4.34 Å². The average Bonchev–Trinajstić information content (AvgIpc) is 3.65. The van der Waals surface area contributed by atoms with E-state index in [-0.39, 0.29) is 49.8 Å². The maximum absolute atomic E-state index is 13.3. The molecule has 4 amide bonds. The predicted octanol–water partition coefficient (Wildman–Crippen LogP) is 4.20. The zero-order valence-corrected chi connectivity index (χ0v) is 24.4. The summed E-state index contributed by atoms with van der Waals surface area (Å²) in [6, 6.07) is 15.0. The van der Waals surface area contributed by atoms with E-state index in [1.165, 1.54) is 6.33 Å². The van der Waals surface area contributed by atoms with Crippen molar-refractivity contribution in [2.45, 2.75) is 13.1 Å². The maximum Gasteiger partial charge on any atom is 0.261 e. The predicted molar refractivity (Wildman–Crippen MR) is 163 cm³/mol. The highest BCUT2D eigenvalue weighted by Crippen LogP contribution is 2.28. The summed E-state index contributed by atoms with van der Waals surface area (Å²) in [5, 5.41) is 8.57. The third-order valence-electron chi connectivity index (χ3n) is 6.21. The van der Waals surface area contributed by atoms with Gasteiger partial charge in [0.1, 0.15) is 13.2 Å². The number of hydrogen-bond acceptors (Lipinski definition) is 7. The molecule has 14 heteroatoms. The number of amides is 4. The van der Waals surface area contributed by atoms with Crippen molar-refractivity contribution in [3.8, 4) is 0 Å². The second-order valence-electron chi connectivity index (χ2n) is 9.01. The summed E-state index contributed by atoms with van der Waals surface area (Å²) in [7, 11) is 0. The Kier molecular flexibility index (Phi) is 10.3. The van der Waals surface area contributed by atoms with Crippen LogP contribution in [0.25, 0.3) is 0 Å². The normalized spacial score (nSPS) is 12.8. The molecule has 4 aromatic rings. The number of imidazole rings is 1. The lowest BCUT2D eigenvalue weighted by molar-refractivity contribution is -0.125. The summed E-state index contributed by atoms with van der Waals surface area (Å²) in [5.74, 6) is -1.22. The van der Waals surface area contributed by atoms with Crippen LogP contribution in [0.5, 0.6) is 0 Å². The van der Waals surface area contributed by atoms with Gasteiger partial charge in [-0.3, -0.25) is 19.2 Å². The first-order chi connectivity index (χ1) is 19.9. The number of anilines is 3. The number of benzene rings is 2. The lowest BCUT2D eigenvalue weighted by Gasteiger charge is -2.26. The minimum atomic E-state index is -0.432. The van der Waals surface area contributed by atoms with E-state index in [2.05, 4.69) is 20.9 Å². The fourth-order valence-electron chi connectivity index (χ4n) is 4.20. The number of carbonyl (C=O) groups excluding carboxylic acids is 4. The van der Waals surface area contributed by atoms with E-state index in [4.69, 9.17) is 16.3 Å². The van der Waals surface area contributed by atoms with E-state index in [9.17, 15) is 19.2 Å². The molecule has 0 aliphatic carbocycles. The van der Waals surface area contributed by atoms with Gasteiger partial charge in [0.25, 0.3) is 17.7 Å². The monoisotopic (exact) mass is 628 g/mol. The molecule has 1 aliphatic rings. The van der Waals surface area contributed by atoms with Gasteiger partial charge in [0, 0.05) is 36.7 Å². The summed E-state index contributed by atoms with van der Waals surface area (Å²) >= 11 is 7.12. The van der Waals surface area contributed by atoms with E-state index < -0.39 is 5.91 Å². The summed E-state index contributed by atoms with van der Waals surface area (Å²) in [6.45, 7) is 0.992. The van der Waals surface area contributed by atoms with Crippen LogP contribution in [0.3, 0.4) is 0 Å². The van der Waals surface area contributed by atoms with Crippen LogP contribution in [0, 0.1) is 0 Å². The van der Waals surface area contributed by atoms with Gasteiger partial charge in [-0.15, -0.1) is 23.7 Å². The molecule has 0 unspecified atom stereocenters. The Morgan fingerprint density at radius 1 is 1.02 bits per heavy atom. The van der Waals surface area contributed by atoms with E-state index >= 15 is 0 Å². The van der Waals surface area contributed by atoms with Crippen LogP contribution in [0.15, 0.2) is 73.3 Å². The van der Waals surface area contributed by atoms with Crippen LogP contribution in [-0.4, -0.2) is 52.9 Å². The molecule has 1 fully saturated rings. The largest absolute Gasteiger partial charge is 0.370 e. The van der Waals surface area contributed by atoms with Crippen LogP contribution in [0.1, 0.15) is 25.6 Å². The Morgan fingerprint density at radius 2 is 1.83 bits per heavy atom. The van der Waals surface area contributed by atoms with Crippen molar-refractivity contribution in [1.29, 1.82) is 0 Å². The first kappa shape index (κ1) is 30.7. The lowest BCUT2D eigenvalue weighted by atomic mass is 10.1. The van der Waals surface area contributed by atoms with Crippen LogP contribution >= 0.6 is 35.3 Å². The van der Waals surface area contributed by atoms with E-state index in [1.54, 1.807) is 76.5 Å². The van der Waals surface area contributed by atoms with Gasteiger partial charge in [-0.2, -0.15) is 0 Å². The summed E-state index contributed by atoms with van der Waals surface area (Å²) in [6.07, 6.45) is 4.77. The SMILES string of the molecule is Cl.O=C(Cn1ccnc1)Nc1cccc(CNC(=O)c2ccc(Cl)s2)c1NC(=O)c1ccc(N2CCOCC2=O)cc1. The molecular formula is C28H26Cl2N6O5S. The second kappa shape index (κ2) is 14.1. The number of hydrogen-bond donors (Lipinski definition) is 3. The Hall–Kier alpha value is -4.23. The number of para-hydroxylation sites is 1. The molecule has 5 rings (SSSR count). The zero-order valence-electron chi connectivity index (χ0n) is 22.0. The molecule has 1 aliphatic heterocycles. The number of nitrogens with zero attached hydrogens (tertiary/aromatic N) is 3. The number of rotatable bonds is 9. The van der Waals surface area contributed by atoms with Crippen molar-refractivity contribution < 1.29 is 23.9 Å². The first-order valence-corrected chi connectivity index (χ1v) is 13.8. The number of nitrogens with one attached hydrogen (secondary N) is 3. The Balaban J connectivity index is 0.00000405. The van der Waals surface area contributed by atoms with Gasteiger partial charge in [-0.05, 0) is 48.0 Å². The molecule has 0 atom stereocenters. The van der Waals surface area contributed by atoms with Crippen molar-refractivity contribution in [3.63, 3.8) is 0 Å². The molecule has 42 heavy (non-hydrogen) atoms. The highest BCUT2D eigenvalue weighted by atomic mass is 35.5. The molecule has 2 aromatic carbocycles. The Bertz CT molecular complexity index is 1580. The van der Waals surface area contributed by atoms with Crippen LogP contribution < -0.4 is 20.9 Å². The molecule has 3 heterocycles. The van der Waals surface area contributed by atoms with Crippen molar-refractivity contribution in [2.75, 3.05) is 35.3 Å². The summed E-state index contributed by atoms with van der Waals surface area (Å²) < 4.78 is 7.29. The number of thiophene rings is 1. The van der Waals surface area contributed by atoms with Gasteiger partial charge in [0.05, 0.1) is 33.5 Å². The van der Waals surface area contributed by atoms with Crippen molar-refractivity contribution in [3.05, 3.63) is 93.7 Å². The van der Waals surface area contributed by atoms with Crippen LogP contribution in [-0.2, 0) is 27.4 Å². The quantitative estimate of drug-likeness (QED) is 0.254. The number of carbonyl (C=O) groups is 4. The first-order valence-electron chi connectivity index (χ1n) is 12.6. The van der Waals surface area contributed by atoms with Crippen molar-refractivity contribution >= 4 is 76.0 Å². The fraction of sp³-hybridized carbons (Fsp3) is 0.179. The number of halogens is 2. The zero-order chi connectivity index (χ0) is 28.8. The Morgan fingerprint density at radius 3 is 2.52 bits per heavy atom. The molecule has 11 nitrogen and oxygen atoms in total. The number of ether oxygens (including phenoxy) is 1. The Labute approximate surface area is 256 Å². The third-order valence-corrected chi connectivity index (χ3v) is 7.44. The highest BCUT2D eigenvalue weighted by molar-refractivity contribution is 7.18. The van der Waals surface area contributed by atoms with Gasteiger partial charge in [-0.25, -0.2) is 4.98 Å². The van der Waals surface area contributed by atoms with E-state index in [0.717, 1.165) is 11.3 Å². The summed E-state index contributed by atoms with van der Waals surface area (Å²) in [4.78, 5) is 56.9. The fourth-order valence-corrected chi connectivity index (χ4v) is 5.16. The van der Waals surface area contributed by atoms with E-state index in [1.807, 2.05) is 0 Å². The molecule has 0 bridgehead atoms. The molecule has 2 aromatic heterocycles. The molecule has 1 saturated heterocycles. The van der Waals surface area contributed by atoms with Gasteiger partial charge >= 0.3 is 0 Å². The van der Waals surface area contributed by atoms with Gasteiger partial charge in [-0.1, -0.05) is 23.7 Å². The molecule has 218 valence electrons. The highest BCUT2D eigenvalue weighted by Gasteiger charge is 2.21. The minimum absolute atomic E-state index is 0. The molecule has 0 saturated carbocycles. The maximum atomic E-state index is 13.3. The van der Waals surface area contributed by atoms with Crippen molar-refractivity contribution in [2.24, 2.45) is 0 Å². The van der Waals surface area contributed by atoms with Crippen LogP contribution in [0.4, 0.5) is 17.1 Å². The average molecular weight is 630 g/mol. The van der Waals surface area contributed by atoms with Crippen molar-refractivity contribution in [1.82, 2.24) is 14.9 Å². The number of aromatic nitrogens is 2. The molecule has 0 radical (unpaired) electrons. The second-order valence-corrected chi connectivity index (χ2v) is 10.7. The molecular weight excluding hydrogens is 603 g/mol. The molecule has 3 N–H and O–H groups in total. The standard InChI is InChI=1S/C28H25ClN6O5S.ClH/c29-23-9-8-22(41-23)28(39)31-14-19-2-1-3-21(32-24(36)15-34-11-10-30-17-34)26(19)33-27(38)18-4-6-20(7-5-18)35-12-13-40-16-25(35)37;/h1-11,17H,12-16H2,(H,31,39)(H,32,36)(H,33,38);1H. The third kappa shape index (κ3) is 7.53. The smallest absolute Gasteiger partial charge is 0.261 e. The molecule has 0 spiro atoms. The topological polar surface area (TPSA) is 135 Å². The lowest BCUT2D eigenvalue weighted by Crippen LogP contribution is -2.41.